The molecule has 2 aromatic carbocycles. The predicted molar refractivity (Wildman–Crippen MR) is 86.3 cm³/mol. The fourth-order valence-corrected chi connectivity index (χ4v) is 2.70. The summed E-state index contributed by atoms with van der Waals surface area (Å²) < 4.78 is 43.0. The Kier molecular flexibility index (Phi) is 5.98. The van der Waals surface area contributed by atoms with Crippen LogP contribution in [0.4, 0.5) is 18.9 Å². The molecule has 0 radical (unpaired) electrons. The molecule has 0 bridgehead atoms. The Hall–Kier alpha value is -2.88. The van der Waals surface area contributed by atoms with Crippen LogP contribution < -0.4 is 4.74 Å². The molecule has 0 N–H and O–H groups in total. The molecule has 2 rings (SSSR count). The third kappa shape index (κ3) is 4.82. The maximum atomic E-state index is 12.7. The monoisotopic (exact) mass is 385 g/mol. The van der Waals surface area contributed by atoms with Gasteiger partial charge in [0, 0.05) is 6.07 Å². The maximum Gasteiger partial charge on any atom is 0.416 e. The number of halogens is 3. The minimum absolute atomic E-state index is 0.0232. The Morgan fingerprint density at radius 3 is 2.54 bits per heavy atom. The van der Waals surface area contributed by atoms with Gasteiger partial charge in [-0.15, -0.1) is 11.8 Å². The second-order valence-corrected chi connectivity index (χ2v) is 5.87. The van der Waals surface area contributed by atoms with Gasteiger partial charge in [0.05, 0.1) is 26.7 Å². The van der Waals surface area contributed by atoms with Crippen molar-refractivity contribution in [1.82, 2.24) is 0 Å². The lowest BCUT2D eigenvalue weighted by Crippen LogP contribution is -2.12. The third-order valence-electron chi connectivity index (χ3n) is 3.10. The van der Waals surface area contributed by atoms with Crippen molar-refractivity contribution < 1.29 is 32.4 Å². The highest BCUT2D eigenvalue weighted by atomic mass is 32.2. The highest BCUT2D eigenvalue weighted by molar-refractivity contribution is 8.00. The predicted octanol–water partition coefficient (Wildman–Crippen LogP) is 4.12. The molecule has 6 nitrogen and oxygen atoms in total. The molecule has 10 heteroatoms. The van der Waals surface area contributed by atoms with Crippen LogP contribution in [-0.4, -0.2) is 22.9 Å². The Bertz CT molecular complexity index is 854. The van der Waals surface area contributed by atoms with Crippen molar-refractivity contribution in [3.05, 3.63) is 63.7 Å². The number of para-hydroxylation sites is 1. The highest BCUT2D eigenvalue weighted by Crippen LogP contribution is 2.36. The number of esters is 1. The number of ether oxygens (including phenoxy) is 1. The molecule has 0 spiro atoms. The molecule has 0 aliphatic carbocycles. The number of alkyl halides is 3. The standard InChI is InChI=1S/C16H10F3NO5S/c17-16(18,19)11-5-6-14(12(7-11)20(23)24)26-9-15(22)25-13-4-2-1-3-10(13)8-21/h1-8H,9H2. The van der Waals surface area contributed by atoms with Crippen LogP contribution in [0.3, 0.4) is 0 Å². The molecule has 0 amide bonds. The number of aldehydes is 1. The summed E-state index contributed by atoms with van der Waals surface area (Å²) in [6, 6.07) is 7.98. The SMILES string of the molecule is O=Cc1ccccc1OC(=O)CSc1ccc(C(F)(F)F)cc1[N+](=O)[O-]. The van der Waals surface area contributed by atoms with E-state index in [9.17, 15) is 32.9 Å². The van der Waals surface area contributed by atoms with E-state index in [0.717, 1.165) is 6.07 Å². The first-order valence-electron chi connectivity index (χ1n) is 6.95. The molecule has 26 heavy (non-hydrogen) atoms. The average molecular weight is 385 g/mol. The molecule has 0 heterocycles. The van der Waals surface area contributed by atoms with Crippen LogP contribution in [0.5, 0.6) is 5.75 Å². The first-order chi connectivity index (χ1) is 12.2. The number of thioether (sulfide) groups is 1. The van der Waals surface area contributed by atoms with Crippen LogP contribution in [0.15, 0.2) is 47.4 Å². The molecule has 0 aliphatic heterocycles. The highest BCUT2D eigenvalue weighted by Gasteiger charge is 2.33. The van der Waals surface area contributed by atoms with E-state index in [-0.39, 0.29) is 22.0 Å². The number of hydrogen-bond donors (Lipinski definition) is 0. The lowest BCUT2D eigenvalue weighted by molar-refractivity contribution is -0.388. The quantitative estimate of drug-likeness (QED) is 0.186. The van der Waals surface area contributed by atoms with E-state index in [2.05, 4.69) is 0 Å². The summed E-state index contributed by atoms with van der Waals surface area (Å²) in [5.41, 5.74) is -1.77. The molecule has 0 saturated carbocycles. The first kappa shape index (κ1) is 19.4. The topological polar surface area (TPSA) is 86.5 Å². The number of nitro benzene ring substituents is 1. The van der Waals surface area contributed by atoms with Gasteiger partial charge in [0.15, 0.2) is 6.29 Å². The van der Waals surface area contributed by atoms with E-state index in [1.54, 1.807) is 12.1 Å². The van der Waals surface area contributed by atoms with E-state index >= 15 is 0 Å². The molecule has 0 saturated heterocycles. The lowest BCUT2D eigenvalue weighted by atomic mass is 10.2. The molecule has 0 unspecified atom stereocenters. The van der Waals surface area contributed by atoms with E-state index < -0.39 is 28.3 Å². The average Bonchev–Trinajstić information content (AvgIpc) is 2.59. The van der Waals surface area contributed by atoms with Gasteiger partial charge in [-0.2, -0.15) is 13.2 Å². The van der Waals surface area contributed by atoms with E-state index in [0.29, 0.717) is 30.2 Å². The summed E-state index contributed by atoms with van der Waals surface area (Å²) in [6.45, 7) is 0. The van der Waals surface area contributed by atoms with Gasteiger partial charge in [-0.1, -0.05) is 12.1 Å². The number of nitrogens with zero attached hydrogens (tertiary/aromatic N) is 1. The summed E-state index contributed by atoms with van der Waals surface area (Å²) in [5, 5.41) is 11.0. The molecule has 0 aromatic heterocycles. The summed E-state index contributed by atoms with van der Waals surface area (Å²) in [4.78, 5) is 32.6. The van der Waals surface area contributed by atoms with Crippen molar-refractivity contribution in [2.24, 2.45) is 0 Å². The normalized spacial score (nSPS) is 11.0. The third-order valence-corrected chi connectivity index (χ3v) is 4.13. The van der Waals surface area contributed by atoms with E-state index in [4.69, 9.17) is 4.74 Å². The van der Waals surface area contributed by atoms with Crippen LogP contribution in [0.25, 0.3) is 0 Å². The van der Waals surface area contributed by atoms with Gasteiger partial charge in [0.1, 0.15) is 5.75 Å². The van der Waals surface area contributed by atoms with Gasteiger partial charge in [-0.25, -0.2) is 0 Å². The van der Waals surface area contributed by atoms with Crippen molar-refractivity contribution in [3.63, 3.8) is 0 Å². The lowest BCUT2D eigenvalue weighted by Gasteiger charge is -2.09. The minimum atomic E-state index is -4.72. The molecule has 136 valence electrons. The Labute approximate surface area is 149 Å². The van der Waals surface area contributed by atoms with Gasteiger partial charge >= 0.3 is 12.1 Å². The van der Waals surface area contributed by atoms with Crippen LogP contribution in [0.1, 0.15) is 15.9 Å². The zero-order chi connectivity index (χ0) is 19.3. The molecule has 0 aliphatic rings. The van der Waals surface area contributed by atoms with Gasteiger partial charge in [0.25, 0.3) is 5.69 Å². The molecule has 0 fully saturated rings. The van der Waals surface area contributed by atoms with Crippen molar-refractivity contribution in [3.8, 4) is 5.75 Å². The number of nitro groups is 1. The Morgan fingerprint density at radius 2 is 1.92 bits per heavy atom. The number of rotatable bonds is 6. The largest absolute Gasteiger partial charge is 0.425 e. The summed E-state index contributed by atoms with van der Waals surface area (Å²) >= 11 is 0.664. The van der Waals surface area contributed by atoms with Crippen molar-refractivity contribution >= 4 is 29.7 Å². The van der Waals surface area contributed by atoms with Gasteiger partial charge in [-0.05, 0) is 24.3 Å². The molecule has 0 atom stereocenters. The summed E-state index contributed by atoms with van der Waals surface area (Å²) in [5.74, 6) is -1.17. The van der Waals surface area contributed by atoms with Crippen molar-refractivity contribution in [1.29, 1.82) is 0 Å². The van der Waals surface area contributed by atoms with Crippen LogP contribution in [-0.2, 0) is 11.0 Å². The molecule has 2 aromatic rings. The van der Waals surface area contributed by atoms with Gasteiger partial charge in [-0.3, -0.25) is 19.7 Å². The smallest absolute Gasteiger partial charge is 0.416 e. The number of carbonyl (C=O) groups excluding carboxylic acids is 2. The van der Waals surface area contributed by atoms with Gasteiger partial charge < -0.3 is 4.74 Å². The summed E-state index contributed by atoms with van der Waals surface area (Å²) in [7, 11) is 0. The number of carbonyl (C=O) groups is 2. The molecular weight excluding hydrogens is 375 g/mol. The number of benzene rings is 2. The van der Waals surface area contributed by atoms with Crippen molar-refractivity contribution in [2.75, 3.05) is 5.75 Å². The maximum absolute atomic E-state index is 12.7. The Morgan fingerprint density at radius 1 is 1.23 bits per heavy atom. The number of hydrogen-bond acceptors (Lipinski definition) is 6. The van der Waals surface area contributed by atoms with Crippen LogP contribution in [0.2, 0.25) is 0 Å². The van der Waals surface area contributed by atoms with E-state index in [1.165, 1.54) is 12.1 Å². The molecular formula is C16H10F3NO5S. The van der Waals surface area contributed by atoms with Crippen molar-refractivity contribution in [2.45, 2.75) is 11.1 Å². The van der Waals surface area contributed by atoms with Gasteiger partial charge in [0.2, 0.25) is 0 Å². The summed E-state index contributed by atoms with van der Waals surface area (Å²) in [6.07, 6.45) is -4.22. The fourth-order valence-electron chi connectivity index (χ4n) is 1.92. The van der Waals surface area contributed by atoms with E-state index in [1.807, 2.05) is 0 Å². The zero-order valence-electron chi connectivity index (χ0n) is 12.9. The second-order valence-electron chi connectivity index (χ2n) is 4.86. The fraction of sp³-hybridized carbons (Fsp3) is 0.125. The second kappa shape index (κ2) is 8.00. The van der Waals surface area contributed by atoms with Crippen LogP contribution >= 0.6 is 11.8 Å². The zero-order valence-corrected chi connectivity index (χ0v) is 13.7. The minimum Gasteiger partial charge on any atom is -0.425 e. The Balaban J connectivity index is 2.12. The first-order valence-corrected chi connectivity index (χ1v) is 7.94. The van der Waals surface area contributed by atoms with Crippen LogP contribution in [0, 0.1) is 10.1 Å².